The van der Waals surface area contributed by atoms with Crippen LogP contribution in [-0.4, -0.2) is 22.5 Å². The molecular weight excluding hydrogens is 318 g/mol. The van der Waals surface area contributed by atoms with E-state index in [0.29, 0.717) is 17.7 Å². The molecule has 0 saturated heterocycles. The van der Waals surface area contributed by atoms with Crippen molar-refractivity contribution in [2.24, 2.45) is 0 Å². The van der Waals surface area contributed by atoms with Crippen molar-refractivity contribution in [3.8, 4) is 0 Å². The van der Waals surface area contributed by atoms with Crippen LogP contribution in [0.3, 0.4) is 0 Å². The van der Waals surface area contributed by atoms with Crippen LogP contribution in [0.4, 0.5) is 0 Å². The van der Waals surface area contributed by atoms with Gasteiger partial charge in [-0.2, -0.15) is 0 Å². The minimum atomic E-state index is -0.899. The monoisotopic (exact) mass is 333 g/mol. The van der Waals surface area contributed by atoms with Gasteiger partial charge in [-0.1, -0.05) is 13.8 Å². The van der Waals surface area contributed by atoms with Gasteiger partial charge < -0.3 is 10.4 Å². The smallest absolute Gasteiger partial charge is 0.305 e. The summed E-state index contributed by atoms with van der Waals surface area (Å²) in [7, 11) is 0. The highest BCUT2D eigenvalue weighted by molar-refractivity contribution is 9.10. The van der Waals surface area contributed by atoms with Gasteiger partial charge in [0.15, 0.2) is 0 Å². The third kappa shape index (κ3) is 3.55. The number of carbonyl (C=O) groups excluding carboxylic acids is 1. The maximum absolute atomic E-state index is 12.1. The topological polar surface area (TPSA) is 66.4 Å². The average Bonchev–Trinajstić information content (AvgIpc) is 2.74. The summed E-state index contributed by atoms with van der Waals surface area (Å²) in [4.78, 5) is 23.6. The van der Waals surface area contributed by atoms with Crippen LogP contribution in [0.15, 0.2) is 15.9 Å². The molecule has 0 atom stereocenters. The van der Waals surface area contributed by atoms with Gasteiger partial charge in [0.2, 0.25) is 0 Å². The van der Waals surface area contributed by atoms with Gasteiger partial charge in [-0.3, -0.25) is 9.59 Å². The Kier molecular flexibility index (Phi) is 5.34. The second-order valence-electron chi connectivity index (χ2n) is 4.11. The van der Waals surface area contributed by atoms with E-state index >= 15 is 0 Å². The third-order valence-corrected chi connectivity index (χ3v) is 4.88. The molecule has 0 radical (unpaired) electrons. The normalized spacial score (nSPS) is 11.3. The first-order valence-corrected chi connectivity index (χ1v) is 7.38. The van der Waals surface area contributed by atoms with E-state index in [1.54, 1.807) is 6.07 Å². The van der Waals surface area contributed by atoms with Gasteiger partial charge in [0.25, 0.3) is 5.91 Å². The molecule has 0 aliphatic heterocycles. The van der Waals surface area contributed by atoms with Crippen LogP contribution in [0.2, 0.25) is 0 Å². The van der Waals surface area contributed by atoms with Crippen LogP contribution in [0.5, 0.6) is 0 Å². The van der Waals surface area contributed by atoms with Crippen molar-refractivity contribution in [3.05, 3.63) is 20.8 Å². The molecule has 0 aliphatic rings. The number of carboxylic acid groups (broad SMARTS) is 1. The highest BCUT2D eigenvalue weighted by Gasteiger charge is 2.31. The fourth-order valence-electron chi connectivity index (χ4n) is 1.76. The number of hydrogen-bond acceptors (Lipinski definition) is 3. The van der Waals surface area contributed by atoms with Gasteiger partial charge in [-0.05, 0) is 40.2 Å². The minimum absolute atomic E-state index is 0.0608. The van der Waals surface area contributed by atoms with Crippen molar-refractivity contribution < 1.29 is 14.7 Å². The van der Waals surface area contributed by atoms with E-state index in [4.69, 9.17) is 5.11 Å². The number of thiophene rings is 1. The minimum Gasteiger partial charge on any atom is -0.481 e. The van der Waals surface area contributed by atoms with Crippen molar-refractivity contribution >= 4 is 39.1 Å². The van der Waals surface area contributed by atoms with Crippen LogP contribution >= 0.6 is 27.3 Å². The summed E-state index contributed by atoms with van der Waals surface area (Å²) >= 11 is 4.63. The molecule has 2 N–H and O–H groups in total. The SMILES string of the molecule is CCC(CC)(CC(=O)O)NC(=O)c1sccc1Br. The first-order chi connectivity index (χ1) is 8.44. The zero-order chi connectivity index (χ0) is 13.8. The van der Waals surface area contributed by atoms with Gasteiger partial charge >= 0.3 is 5.97 Å². The van der Waals surface area contributed by atoms with E-state index in [1.807, 2.05) is 19.2 Å². The molecule has 18 heavy (non-hydrogen) atoms. The average molecular weight is 334 g/mol. The highest BCUT2D eigenvalue weighted by atomic mass is 79.9. The summed E-state index contributed by atoms with van der Waals surface area (Å²) in [6.07, 6.45) is 1.11. The predicted octanol–water partition coefficient (Wildman–Crippen LogP) is 3.27. The molecule has 1 heterocycles. The van der Waals surface area contributed by atoms with E-state index in [-0.39, 0.29) is 12.3 Å². The Bertz CT molecular complexity index is 440. The van der Waals surface area contributed by atoms with Crippen LogP contribution < -0.4 is 5.32 Å². The zero-order valence-electron chi connectivity index (χ0n) is 10.3. The van der Waals surface area contributed by atoms with Gasteiger partial charge in [0, 0.05) is 4.47 Å². The number of aliphatic carboxylic acids is 1. The number of hydrogen-bond donors (Lipinski definition) is 2. The lowest BCUT2D eigenvalue weighted by molar-refractivity contribution is -0.138. The number of carboxylic acids is 1. The lowest BCUT2D eigenvalue weighted by atomic mass is 9.89. The molecule has 1 aromatic heterocycles. The van der Waals surface area contributed by atoms with Crippen LogP contribution in [0, 0.1) is 0 Å². The second kappa shape index (κ2) is 6.33. The van der Waals surface area contributed by atoms with Crippen molar-refractivity contribution in [1.82, 2.24) is 5.32 Å². The first-order valence-electron chi connectivity index (χ1n) is 5.71. The first kappa shape index (κ1) is 15.2. The second-order valence-corrected chi connectivity index (χ2v) is 5.88. The van der Waals surface area contributed by atoms with Crippen LogP contribution in [-0.2, 0) is 4.79 Å². The molecule has 0 aliphatic carbocycles. The van der Waals surface area contributed by atoms with Gasteiger partial charge in [-0.25, -0.2) is 0 Å². The number of amides is 1. The Morgan fingerprint density at radius 2 is 2.06 bits per heavy atom. The summed E-state index contributed by atoms with van der Waals surface area (Å²) in [5, 5.41) is 13.6. The Morgan fingerprint density at radius 1 is 1.44 bits per heavy atom. The molecule has 1 rings (SSSR count). The van der Waals surface area contributed by atoms with Crippen LogP contribution in [0.1, 0.15) is 42.8 Å². The molecule has 6 heteroatoms. The number of nitrogens with one attached hydrogen (secondary N) is 1. The van der Waals surface area contributed by atoms with Crippen molar-refractivity contribution in [1.29, 1.82) is 0 Å². The fraction of sp³-hybridized carbons (Fsp3) is 0.500. The summed E-state index contributed by atoms with van der Waals surface area (Å²) < 4.78 is 0.737. The summed E-state index contributed by atoms with van der Waals surface area (Å²) in [6.45, 7) is 3.77. The standard InChI is InChI=1S/C12H16BrNO3S/c1-3-12(4-2,7-9(15)16)14-11(17)10-8(13)5-6-18-10/h5-6H,3-4,7H2,1-2H3,(H,14,17)(H,15,16). The number of carbonyl (C=O) groups is 2. The van der Waals surface area contributed by atoms with E-state index < -0.39 is 11.5 Å². The highest BCUT2D eigenvalue weighted by Crippen LogP contribution is 2.25. The van der Waals surface area contributed by atoms with E-state index in [0.717, 1.165) is 4.47 Å². The van der Waals surface area contributed by atoms with Crippen LogP contribution in [0.25, 0.3) is 0 Å². The third-order valence-electron chi connectivity index (χ3n) is 3.05. The molecule has 0 fully saturated rings. The maximum atomic E-state index is 12.1. The maximum Gasteiger partial charge on any atom is 0.305 e. The summed E-state index contributed by atoms with van der Waals surface area (Å²) in [6, 6.07) is 1.80. The molecule has 1 amide bonds. The molecule has 4 nitrogen and oxygen atoms in total. The Labute approximate surface area is 119 Å². The Hall–Kier alpha value is -0.880. The molecule has 0 aromatic carbocycles. The molecular formula is C12H16BrNO3S. The largest absolute Gasteiger partial charge is 0.481 e. The van der Waals surface area contributed by atoms with Crippen molar-refractivity contribution in [3.63, 3.8) is 0 Å². The molecule has 0 spiro atoms. The van der Waals surface area contributed by atoms with E-state index in [2.05, 4.69) is 21.2 Å². The molecule has 0 bridgehead atoms. The molecule has 100 valence electrons. The van der Waals surface area contributed by atoms with Gasteiger partial charge in [0.05, 0.1) is 12.0 Å². The number of halogens is 1. The predicted molar refractivity (Wildman–Crippen MR) is 75.1 cm³/mol. The molecule has 1 aromatic rings. The Morgan fingerprint density at radius 3 is 2.44 bits per heavy atom. The summed E-state index contributed by atoms with van der Waals surface area (Å²) in [5.41, 5.74) is -0.674. The lowest BCUT2D eigenvalue weighted by Gasteiger charge is -2.31. The zero-order valence-corrected chi connectivity index (χ0v) is 12.7. The quantitative estimate of drug-likeness (QED) is 0.839. The number of rotatable bonds is 6. The molecule has 0 saturated carbocycles. The van der Waals surface area contributed by atoms with E-state index in [9.17, 15) is 9.59 Å². The Balaban J connectivity index is 2.87. The van der Waals surface area contributed by atoms with Gasteiger partial charge in [-0.15, -0.1) is 11.3 Å². The summed E-state index contributed by atoms with van der Waals surface area (Å²) in [5.74, 6) is -1.12. The van der Waals surface area contributed by atoms with E-state index in [1.165, 1.54) is 11.3 Å². The molecule has 0 unspecified atom stereocenters. The lowest BCUT2D eigenvalue weighted by Crippen LogP contribution is -2.49. The van der Waals surface area contributed by atoms with Crippen molar-refractivity contribution in [2.45, 2.75) is 38.6 Å². The van der Waals surface area contributed by atoms with Gasteiger partial charge in [0.1, 0.15) is 4.88 Å². The fourth-order valence-corrected chi connectivity index (χ4v) is 3.21. The van der Waals surface area contributed by atoms with Crippen molar-refractivity contribution in [2.75, 3.05) is 0 Å².